The monoisotopic (exact) mass is 342 g/mol. The van der Waals surface area contributed by atoms with Gasteiger partial charge >= 0.3 is 48.8 Å². The molecule has 0 amide bonds. The molecule has 2 fully saturated rings. The topological polar surface area (TPSA) is 296 Å². The van der Waals surface area contributed by atoms with Crippen molar-refractivity contribution in [1.82, 2.24) is 0 Å². The first-order valence-electron chi connectivity index (χ1n) is 3.25. The van der Waals surface area contributed by atoms with E-state index in [0.29, 0.717) is 0 Å². The van der Waals surface area contributed by atoms with Gasteiger partial charge in [0.25, 0.3) is 0 Å². The molecule has 20 heavy (non-hydrogen) atoms. The van der Waals surface area contributed by atoms with Gasteiger partial charge in [-0.2, -0.15) is 0 Å². The summed E-state index contributed by atoms with van der Waals surface area (Å²) in [5, 5.41) is 0. The number of hydrogen-bond donors (Lipinski definition) is 0. The SMILES string of the molecule is O.O.O.O.O.O.O=C1[O][Al]([O]C(=O)[O][Al]2[O]C(=O)[O]2)[O]1. The average Bonchev–Trinajstić information content (AvgIpc) is 1.98. The van der Waals surface area contributed by atoms with Crippen LogP contribution in [0, 0.1) is 0 Å². The van der Waals surface area contributed by atoms with Gasteiger partial charge in [-0.15, -0.1) is 0 Å². The van der Waals surface area contributed by atoms with Crippen molar-refractivity contribution in [2.45, 2.75) is 0 Å². The number of hydrogen-bond acceptors (Lipinski definition) is 9. The van der Waals surface area contributed by atoms with E-state index in [0.717, 1.165) is 0 Å². The minimum absolute atomic E-state index is 0. The van der Waals surface area contributed by atoms with E-state index >= 15 is 0 Å². The van der Waals surface area contributed by atoms with Crippen LogP contribution in [-0.2, 0) is 22.7 Å². The fraction of sp³-hybridized carbons (Fsp3) is 0. The van der Waals surface area contributed by atoms with Crippen LogP contribution in [-0.4, -0.2) is 81.6 Å². The second-order valence-electron chi connectivity index (χ2n) is 2.03. The first-order valence-corrected chi connectivity index (χ1v) is 6.08. The van der Waals surface area contributed by atoms with Crippen molar-refractivity contribution in [3.05, 3.63) is 0 Å². The van der Waals surface area contributed by atoms with Crippen molar-refractivity contribution in [1.29, 1.82) is 0 Å². The fourth-order valence-corrected chi connectivity index (χ4v) is 2.01. The van der Waals surface area contributed by atoms with E-state index in [4.69, 9.17) is 0 Å². The summed E-state index contributed by atoms with van der Waals surface area (Å²) < 4.78 is 25.9. The lowest BCUT2D eigenvalue weighted by Gasteiger charge is -2.22. The van der Waals surface area contributed by atoms with E-state index in [1.807, 2.05) is 0 Å². The lowest BCUT2D eigenvalue weighted by Crippen LogP contribution is -2.48. The normalized spacial score (nSPS) is 12.4. The smallest absolute Gasteiger partial charge is 0.520 e. The highest BCUT2D eigenvalue weighted by atomic mass is 27.3. The summed E-state index contributed by atoms with van der Waals surface area (Å²) in [4.78, 5) is 30.9. The molecule has 2 rings (SSSR count). The molecule has 0 saturated carbocycles. The highest BCUT2D eigenvalue weighted by Gasteiger charge is 2.62. The van der Waals surface area contributed by atoms with Crippen molar-refractivity contribution in [2.75, 3.05) is 0 Å². The molecule has 0 aliphatic carbocycles. The predicted octanol–water partition coefficient (Wildman–Crippen LogP) is -5.51. The predicted molar refractivity (Wildman–Crippen MR) is 55.9 cm³/mol. The third-order valence-electron chi connectivity index (χ3n) is 1.15. The molecule has 2 aliphatic heterocycles. The van der Waals surface area contributed by atoms with Gasteiger partial charge in [0, 0.05) is 0 Å². The van der Waals surface area contributed by atoms with Crippen molar-refractivity contribution in [3.8, 4) is 0 Å². The maximum atomic E-state index is 10.7. The van der Waals surface area contributed by atoms with Crippen molar-refractivity contribution in [2.24, 2.45) is 0 Å². The van der Waals surface area contributed by atoms with Crippen molar-refractivity contribution >= 4 is 48.8 Å². The zero-order valence-corrected chi connectivity index (χ0v) is 11.6. The Morgan fingerprint density at radius 2 is 0.950 bits per heavy atom. The largest absolute Gasteiger partial charge is 1.21 e. The van der Waals surface area contributed by atoms with Gasteiger partial charge in [-0.25, -0.2) is 14.4 Å². The van der Waals surface area contributed by atoms with Crippen LogP contribution >= 0.6 is 0 Å². The van der Waals surface area contributed by atoms with Crippen molar-refractivity contribution in [3.63, 3.8) is 0 Å². The Morgan fingerprint density at radius 1 is 0.700 bits per heavy atom. The summed E-state index contributed by atoms with van der Waals surface area (Å²) in [6.45, 7) is 0. The van der Waals surface area contributed by atoms with Crippen LogP contribution in [0.5, 0.6) is 0 Å². The molecule has 0 aromatic heterocycles. The van der Waals surface area contributed by atoms with Crippen LogP contribution in [0.4, 0.5) is 14.4 Å². The van der Waals surface area contributed by atoms with Crippen LogP contribution in [0.15, 0.2) is 0 Å². The number of carbonyl (C=O) groups excluding carboxylic acids is 3. The van der Waals surface area contributed by atoms with Crippen LogP contribution < -0.4 is 0 Å². The minimum atomic E-state index is -2.68. The van der Waals surface area contributed by atoms with Crippen molar-refractivity contribution < 1.29 is 70.0 Å². The van der Waals surface area contributed by atoms with E-state index in [1.165, 1.54) is 0 Å². The molecule has 120 valence electrons. The molecular formula is C3H12Al2O15. The number of carbonyl (C=O) groups is 3. The van der Waals surface area contributed by atoms with Crippen LogP contribution in [0.2, 0.25) is 0 Å². The van der Waals surface area contributed by atoms with Crippen LogP contribution in [0.1, 0.15) is 0 Å². The molecule has 15 nitrogen and oxygen atoms in total. The highest BCUT2D eigenvalue weighted by molar-refractivity contribution is 6.51. The third kappa shape index (κ3) is 7.94. The Balaban J connectivity index is -0.000000125. The van der Waals surface area contributed by atoms with Gasteiger partial charge in [-0.3, -0.25) is 0 Å². The van der Waals surface area contributed by atoms with Gasteiger partial charge in [0.15, 0.2) is 0 Å². The van der Waals surface area contributed by atoms with Gasteiger partial charge < -0.3 is 55.6 Å². The molecular weight excluding hydrogens is 330 g/mol. The Kier molecular flexibility index (Phi) is 19.7. The summed E-state index contributed by atoms with van der Waals surface area (Å²) in [6, 6.07) is 0. The summed E-state index contributed by atoms with van der Waals surface area (Å²) >= 11 is -5.35. The number of rotatable bonds is 2. The molecule has 0 aromatic rings. The third-order valence-corrected chi connectivity index (χ3v) is 3.46. The van der Waals surface area contributed by atoms with Gasteiger partial charge in [-0.1, -0.05) is 0 Å². The summed E-state index contributed by atoms with van der Waals surface area (Å²) in [5.74, 6) is 0. The lowest BCUT2D eigenvalue weighted by atomic mass is 11.4. The van der Waals surface area contributed by atoms with Gasteiger partial charge in [0.05, 0.1) is 0 Å². The molecule has 0 aromatic carbocycles. The Bertz CT molecular complexity index is 259. The highest BCUT2D eigenvalue weighted by Crippen LogP contribution is 2.11. The molecule has 2 heterocycles. The Hall–Kier alpha value is -1.37. The fourth-order valence-electron chi connectivity index (χ4n) is 0.613. The van der Waals surface area contributed by atoms with Crippen LogP contribution in [0.3, 0.4) is 0 Å². The molecule has 0 spiro atoms. The molecule has 0 unspecified atom stereocenters. The average molecular weight is 342 g/mol. The maximum absolute atomic E-state index is 10.7. The standard InChI is InChI=1S/3CH2O3.2Al.6H2O/c3*2-1(3)4;;;;;;;;/h3*(H2,2,3,4);;;6*1H2/q;;;2*+3;;;;;;/p-6. The molecule has 2 aliphatic rings. The Labute approximate surface area is 119 Å². The summed E-state index contributed by atoms with van der Waals surface area (Å²) in [6.07, 6.45) is -2.92. The van der Waals surface area contributed by atoms with E-state index in [-0.39, 0.29) is 32.9 Å². The van der Waals surface area contributed by atoms with E-state index < -0.39 is 48.8 Å². The second-order valence-corrected chi connectivity index (χ2v) is 4.60. The first kappa shape index (κ1) is 31.2. The van der Waals surface area contributed by atoms with Gasteiger partial charge in [-0.05, 0) is 0 Å². The van der Waals surface area contributed by atoms with E-state index in [9.17, 15) is 14.4 Å². The Morgan fingerprint density at radius 3 is 1.15 bits per heavy atom. The van der Waals surface area contributed by atoms with Gasteiger partial charge in [0.1, 0.15) is 0 Å². The molecule has 12 N–H and O–H groups in total. The molecule has 0 bridgehead atoms. The minimum Gasteiger partial charge on any atom is -0.520 e. The summed E-state index contributed by atoms with van der Waals surface area (Å²) in [5.41, 5.74) is 0. The van der Waals surface area contributed by atoms with Crippen LogP contribution in [0.25, 0.3) is 0 Å². The summed E-state index contributed by atoms with van der Waals surface area (Å²) in [7, 11) is 0. The molecule has 0 atom stereocenters. The molecule has 0 radical (unpaired) electrons. The molecule has 17 heteroatoms. The quantitative estimate of drug-likeness (QED) is 0.431. The first-order chi connectivity index (χ1) is 6.63. The second kappa shape index (κ2) is 12.7. The zero-order chi connectivity index (χ0) is 10.1. The molecule has 2 saturated heterocycles. The van der Waals surface area contributed by atoms with E-state index in [2.05, 4.69) is 22.7 Å². The maximum Gasteiger partial charge on any atom is 1.21 e. The lowest BCUT2D eigenvalue weighted by molar-refractivity contribution is 0.0194. The van der Waals surface area contributed by atoms with E-state index in [1.54, 1.807) is 0 Å². The van der Waals surface area contributed by atoms with Gasteiger partial charge in [0.2, 0.25) is 0 Å². The zero-order valence-electron chi connectivity index (χ0n) is 9.33.